The maximum absolute atomic E-state index is 10.5. The highest BCUT2D eigenvalue weighted by atomic mass is 16.1. The van der Waals surface area contributed by atoms with E-state index in [4.69, 9.17) is 5.73 Å². The Morgan fingerprint density at radius 1 is 1.73 bits per heavy atom. The van der Waals surface area contributed by atoms with Crippen molar-refractivity contribution < 1.29 is 4.79 Å². The topological polar surface area (TPSA) is 90.3 Å². The van der Waals surface area contributed by atoms with E-state index in [1.807, 2.05) is 0 Å². The number of nitrogens with two attached hydrogens (primary N) is 1. The van der Waals surface area contributed by atoms with Crippen molar-refractivity contribution in [1.29, 1.82) is 0 Å². The minimum absolute atomic E-state index is 0.138. The molecule has 0 aromatic carbocycles. The first-order valence-corrected chi connectivity index (χ1v) is 2.67. The zero-order chi connectivity index (χ0) is 8.27. The third kappa shape index (κ3) is 1.50. The van der Waals surface area contributed by atoms with E-state index >= 15 is 0 Å². The second kappa shape index (κ2) is 2.76. The first kappa shape index (κ1) is 7.17. The van der Waals surface area contributed by atoms with Gasteiger partial charge in [-0.25, -0.2) is 4.79 Å². The number of carbonyl (C=O) groups excluding carboxylic acids is 1. The van der Waals surface area contributed by atoms with Crippen LogP contribution in [-0.4, -0.2) is 15.7 Å². The minimum Gasteiger partial charge on any atom is -0.368 e. The molecule has 0 aliphatic heterocycles. The number of anilines is 1. The largest absolute Gasteiger partial charge is 0.368 e. The van der Waals surface area contributed by atoms with Gasteiger partial charge < -0.3 is 5.73 Å². The molecule has 0 unspecified atom stereocenters. The molecule has 0 fully saturated rings. The molecule has 1 aromatic rings. The van der Waals surface area contributed by atoms with Gasteiger partial charge in [0.05, 0.1) is 0 Å². The lowest BCUT2D eigenvalue weighted by Crippen LogP contribution is -2.12. The van der Waals surface area contributed by atoms with Gasteiger partial charge in [0.25, 0.3) is 11.6 Å². The fourth-order valence-electron chi connectivity index (χ4n) is 0.541. The molecule has 0 saturated heterocycles. The van der Waals surface area contributed by atoms with E-state index in [1.54, 1.807) is 0 Å². The molecule has 2 N–H and O–H groups in total. The molecule has 0 saturated carbocycles. The fraction of sp³-hybridized carbons (Fsp3) is 0. The van der Waals surface area contributed by atoms with Crippen molar-refractivity contribution in [3.8, 4) is 0 Å². The van der Waals surface area contributed by atoms with Gasteiger partial charge >= 0.3 is 0 Å². The van der Waals surface area contributed by atoms with Crippen LogP contribution in [0.25, 0.3) is 0 Å². The van der Waals surface area contributed by atoms with Crippen LogP contribution in [0, 0.1) is 0 Å². The van der Waals surface area contributed by atoms with Crippen molar-refractivity contribution in [3.05, 3.63) is 22.6 Å². The zero-order valence-electron chi connectivity index (χ0n) is 5.39. The first-order chi connectivity index (χ1) is 5.24. The SMILES string of the molecule is Nc1nc(=O)ccn1N=C=O. The molecule has 56 valence electrons. The van der Waals surface area contributed by atoms with Gasteiger partial charge in [-0.05, 0) is 0 Å². The average molecular weight is 152 g/mol. The van der Waals surface area contributed by atoms with Crippen LogP contribution >= 0.6 is 0 Å². The second-order valence-electron chi connectivity index (χ2n) is 1.66. The van der Waals surface area contributed by atoms with Crippen LogP contribution in [0.4, 0.5) is 5.95 Å². The molecular formula is C5H4N4O2. The van der Waals surface area contributed by atoms with E-state index in [-0.39, 0.29) is 5.95 Å². The van der Waals surface area contributed by atoms with Crippen LogP contribution in [0.3, 0.4) is 0 Å². The number of nitrogen functional groups attached to an aromatic ring is 1. The Labute approximate surface area is 61.0 Å². The number of rotatable bonds is 1. The molecule has 0 spiro atoms. The predicted octanol–water partition coefficient (Wildman–Crippen LogP) is -1.08. The molecule has 1 heterocycles. The summed E-state index contributed by atoms with van der Waals surface area (Å²) in [6, 6.07) is 1.14. The fourth-order valence-corrected chi connectivity index (χ4v) is 0.541. The van der Waals surface area contributed by atoms with Crippen LogP contribution < -0.4 is 11.3 Å². The third-order valence-corrected chi connectivity index (χ3v) is 0.966. The van der Waals surface area contributed by atoms with E-state index in [0.29, 0.717) is 0 Å². The van der Waals surface area contributed by atoms with E-state index in [0.717, 1.165) is 10.7 Å². The summed E-state index contributed by atoms with van der Waals surface area (Å²) in [5.41, 5.74) is 4.71. The van der Waals surface area contributed by atoms with Crippen LogP contribution in [0.5, 0.6) is 0 Å². The Morgan fingerprint density at radius 3 is 3.00 bits per heavy atom. The summed E-state index contributed by atoms with van der Waals surface area (Å²) in [7, 11) is 0. The molecule has 6 nitrogen and oxygen atoms in total. The molecule has 1 rings (SSSR count). The van der Waals surface area contributed by atoms with E-state index in [1.165, 1.54) is 12.3 Å². The van der Waals surface area contributed by atoms with Gasteiger partial charge in [-0.15, -0.1) is 0 Å². The summed E-state index contributed by atoms with van der Waals surface area (Å²) in [5.74, 6) is -0.138. The lowest BCUT2D eigenvalue weighted by molar-refractivity contribution is 0.559. The predicted molar refractivity (Wildman–Crippen MR) is 36.4 cm³/mol. The molecule has 0 aliphatic carbocycles. The summed E-state index contributed by atoms with van der Waals surface area (Å²) < 4.78 is 0.953. The summed E-state index contributed by atoms with van der Waals surface area (Å²) in [6.45, 7) is 0. The van der Waals surface area contributed by atoms with Crippen molar-refractivity contribution in [1.82, 2.24) is 9.66 Å². The molecule has 0 amide bonds. The molecule has 6 heteroatoms. The van der Waals surface area contributed by atoms with Crippen LogP contribution in [0.1, 0.15) is 0 Å². The highest BCUT2D eigenvalue weighted by molar-refractivity contribution is 5.34. The Kier molecular flexibility index (Phi) is 1.80. The normalized spacial score (nSPS) is 8.73. The minimum atomic E-state index is -0.472. The second-order valence-corrected chi connectivity index (χ2v) is 1.66. The number of aromatic nitrogens is 2. The highest BCUT2D eigenvalue weighted by Crippen LogP contribution is 1.90. The maximum atomic E-state index is 10.5. The van der Waals surface area contributed by atoms with Crippen LogP contribution in [-0.2, 0) is 4.79 Å². The number of hydrogen-bond acceptors (Lipinski definition) is 5. The van der Waals surface area contributed by atoms with Gasteiger partial charge in [-0.1, -0.05) is 5.10 Å². The van der Waals surface area contributed by atoms with Gasteiger partial charge in [0.15, 0.2) is 0 Å². The lowest BCUT2D eigenvalue weighted by Gasteiger charge is -1.96. The molecule has 0 bridgehead atoms. The summed E-state index contributed by atoms with van der Waals surface area (Å²) in [6.07, 6.45) is 2.49. The van der Waals surface area contributed by atoms with Gasteiger partial charge in [0.1, 0.15) is 0 Å². The third-order valence-electron chi connectivity index (χ3n) is 0.966. The average Bonchev–Trinajstić information content (AvgIpc) is 1.95. The van der Waals surface area contributed by atoms with Crippen molar-refractivity contribution in [2.75, 3.05) is 5.73 Å². The molecule has 0 aliphatic rings. The van der Waals surface area contributed by atoms with Gasteiger partial charge in [0.2, 0.25) is 5.95 Å². The van der Waals surface area contributed by atoms with Gasteiger partial charge in [-0.2, -0.15) is 9.66 Å². The Morgan fingerprint density at radius 2 is 2.45 bits per heavy atom. The maximum Gasteiger partial charge on any atom is 0.274 e. The summed E-state index contributed by atoms with van der Waals surface area (Å²) in [4.78, 5) is 23.5. The van der Waals surface area contributed by atoms with Crippen molar-refractivity contribution in [2.24, 2.45) is 5.10 Å². The van der Waals surface area contributed by atoms with E-state index < -0.39 is 5.56 Å². The van der Waals surface area contributed by atoms with E-state index in [9.17, 15) is 9.59 Å². The standard InChI is InChI=1S/C5H4N4O2/c6-5-8-4(11)1-2-9(5)7-3-10/h1-2H,(H2,6,8,11). The Balaban J connectivity index is 3.30. The summed E-state index contributed by atoms with van der Waals surface area (Å²) in [5, 5.41) is 3.13. The first-order valence-electron chi connectivity index (χ1n) is 2.67. The smallest absolute Gasteiger partial charge is 0.274 e. The molecule has 11 heavy (non-hydrogen) atoms. The van der Waals surface area contributed by atoms with Crippen molar-refractivity contribution in [2.45, 2.75) is 0 Å². The van der Waals surface area contributed by atoms with Gasteiger partial charge in [-0.3, -0.25) is 4.79 Å². The number of isocyanates is 1. The van der Waals surface area contributed by atoms with Crippen LogP contribution in [0.2, 0.25) is 0 Å². The van der Waals surface area contributed by atoms with Gasteiger partial charge in [0, 0.05) is 12.3 Å². The van der Waals surface area contributed by atoms with Crippen molar-refractivity contribution in [3.63, 3.8) is 0 Å². The molecular weight excluding hydrogens is 148 g/mol. The Bertz CT molecular complexity index is 363. The van der Waals surface area contributed by atoms with E-state index in [2.05, 4.69) is 10.1 Å². The van der Waals surface area contributed by atoms with Crippen LogP contribution in [0.15, 0.2) is 22.2 Å². The number of nitrogens with zero attached hydrogens (tertiary/aromatic N) is 3. The molecule has 1 aromatic heterocycles. The zero-order valence-corrected chi connectivity index (χ0v) is 5.39. The number of hydrogen-bond donors (Lipinski definition) is 1. The molecule has 0 atom stereocenters. The quantitative estimate of drug-likeness (QED) is 0.409. The molecule has 0 radical (unpaired) electrons. The van der Waals surface area contributed by atoms with Crippen molar-refractivity contribution >= 4 is 12.0 Å². The monoisotopic (exact) mass is 152 g/mol. The highest BCUT2D eigenvalue weighted by Gasteiger charge is 1.93. The lowest BCUT2D eigenvalue weighted by atomic mass is 10.6. The Hall–Kier alpha value is -1.94. The summed E-state index contributed by atoms with van der Waals surface area (Å²) >= 11 is 0.